The Labute approximate surface area is 122 Å². The Morgan fingerprint density at radius 1 is 1.38 bits per heavy atom. The van der Waals surface area contributed by atoms with Gasteiger partial charge in [-0.2, -0.15) is 0 Å². The molecule has 8 heteroatoms. The van der Waals surface area contributed by atoms with Crippen LogP contribution in [-0.2, 0) is 21.3 Å². The van der Waals surface area contributed by atoms with Crippen LogP contribution in [0.25, 0.3) is 0 Å². The summed E-state index contributed by atoms with van der Waals surface area (Å²) in [5, 5.41) is 2.61. The zero-order valence-electron chi connectivity index (χ0n) is 11.7. The Morgan fingerprint density at radius 3 is 2.76 bits per heavy atom. The maximum absolute atomic E-state index is 14.2. The first-order valence-corrected chi connectivity index (χ1v) is 8.15. The van der Waals surface area contributed by atoms with Gasteiger partial charge in [-0.15, -0.1) is 0 Å². The molecule has 0 spiro atoms. The van der Waals surface area contributed by atoms with Crippen molar-refractivity contribution < 1.29 is 21.9 Å². The van der Waals surface area contributed by atoms with E-state index >= 15 is 0 Å². The quantitative estimate of drug-likeness (QED) is 0.854. The molecule has 0 bridgehead atoms. The third-order valence-corrected chi connectivity index (χ3v) is 4.81. The fraction of sp³-hybridized carbons (Fsp3) is 0.538. The summed E-state index contributed by atoms with van der Waals surface area (Å²) >= 11 is 0. The van der Waals surface area contributed by atoms with Crippen molar-refractivity contribution in [2.45, 2.75) is 30.3 Å². The molecule has 2 N–H and O–H groups in total. The van der Waals surface area contributed by atoms with Crippen molar-refractivity contribution in [2.24, 2.45) is 0 Å². The molecule has 1 aliphatic heterocycles. The second-order valence-corrected chi connectivity index (χ2v) is 6.59. The molecule has 1 unspecified atom stereocenters. The van der Waals surface area contributed by atoms with E-state index in [1.807, 2.05) is 0 Å². The Kier molecular flexibility index (Phi) is 5.26. The number of hydrogen-bond acceptors (Lipinski definition) is 4. The minimum Gasteiger partial charge on any atom is -0.380 e. The van der Waals surface area contributed by atoms with Crippen LogP contribution < -0.4 is 10.0 Å². The average molecular weight is 320 g/mol. The number of nitrogens with one attached hydrogen (secondary N) is 2. The Bertz CT molecular complexity index is 602. The molecule has 1 heterocycles. The number of sulfonamides is 1. The lowest BCUT2D eigenvalue weighted by atomic mass is 10.1. The summed E-state index contributed by atoms with van der Waals surface area (Å²) in [6.07, 6.45) is 1.37. The van der Waals surface area contributed by atoms with Gasteiger partial charge in [-0.3, -0.25) is 0 Å². The van der Waals surface area contributed by atoms with Crippen LogP contribution >= 0.6 is 0 Å². The molecule has 2 rings (SSSR count). The van der Waals surface area contributed by atoms with Crippen LogP contribution in [0.2, 0.25) is 0 Å². The van der Waals surface area contributed by atoms with E-state index in [4.69, 9.17) is 4.74 Å². The van der Waals surface area contributed by atoms with Crippen molar-refractivity contribution in [3.63, 3.8) is 0 Å². The van der Waals surface area contributed by atoms with Crippen molar-refractivity contribution in [3.8, 4) is 0 Å². The van der Waals surface area contributed by atoms with Gasteiger partial charge in [0.1, 0.15) is 10.7 Å². The molecule has 21 heavy (non-hydrogen) atoms. The predicted octanol–water partition coefficient (Wildman–Crippen LogP) is 1.14. The number of rotatable bonds is 5. The summed E-state index contributed by atoms with van der Waals surface area (Å²) in [5.74, 6) is -1.84. The average Bonchev–Trinajstić information content (AvgIpc) is 2.43. The molecule has 1 fully saturated rings. The fourth-order valence-corrected chi connectivity index (χ4v) is 3.60. The van der Waals surface area contributed by atoms with Gasteiger partial charge in [-0.25, -0.2) is 21.9 Å². The molecule has 0 radical (unpaired) electrons. The first-order chi connectivity index (χ1) is 9.95. The highest BCUT2D eigenvalue weighted by atomic mass is 32.2. The smallest absolute Gasteiger partial charge is 0.243 e. The van der Waals surface area contributed by atoms with E-state index in [1.165, 1.54) is 7.05 Å². The van der Waals surface area contributed by atoms with Crippen molar-refractivity contribution >= 4 is 10.0 Å². The summed E-state index contributed by atoms with van der Waals surface area (Å²) < 4.78 is 59.9. The number of hydrogen-bond donors (Lipinski definition) is 2. The second-order valence-electron chi connectivity index (χ2n) is 4.90. The molecule has 1 aromatic rings. The van der Waals surface area contributed by atoms with Gasteiger partial charge in [0.25, 0.3) is 0 Å². The van der Waals surface area contributed by atoms with E-state index in [0.29, 0.717) is 13.0 Å². The summed E-state index contributed by atoms with van der Waals surface area (Å²) in [4.78, 5) is -0.542. The van der Waals surface area contributed by atoms with Gasteiger partial charge in [0, 0.05) is 24.8 Å². The Morgan fingerprint density at radius 2 is 2.14 bits per heavy atom. The van der Waals surface area contributed by atoms with Gasteiger partial charge in [-0.05, 0) is 32.0 Å². The van der Waals surface area contributed by atoms with Crippen LogP contribution in [0.15, 0.2) is 17.0 Å². The van der Waals surface area contributed by atoms with Crippen molar-refractivity contribution in [1.29, 1.82) is 0 Å². The van der Waals surface area contributed by atoms with Gasteiger partial charge in [0.05, 0.1) is 6.61 Å². The zero-order valence-corrected chi connectivity index (χ0v) is 12.5. The Hall–Kier alpha value is -1.09. The van der Waals surface area contributed by atoms with Crippen molar-refractivity contribution in [3.05, 3.63) is 29.3 Å². The summed E-state index contributed by atoms with van der Waals surface area (Å²) in [6.45, 7) is 0.758. The first kappa shape index (κ1) is 16.3. The third kappa shape index (κ3) is 3.76. The van der Waals surface area contributed by atoms with E-state index in [-0.39, 0.29) is 24.8 Å². The summed E-state index contributed by atoms with van der Waals surface area (Å²) in [6, 6.07) is 1.51. The molecule has 118 valence electrons. The van der Waals surface area contributed by atoms with E-state index in [9.17, 15) is 17.2 Å². The summed E-state index contributed by atoms with van der Waals surface area (Å²) in [5.41, 5.74) is -0.291. The molecule has 0 aromatic heterocycles. The topological polar surface area (TPSA) is 67.4 Å². The van der Waals surface area contributed by atoms with Gasteiger partial charge in [-0.1, -0.05) is 0 Å². The van der Waals surface area contributed by atoms with Crippen molar-refractivity contribution in [1.82, 2.24) is 10.0 Å². The highest BCUT2D eigenvalue weighted by molar-refractivity contribution is 7.89. The number of benzene rings is 1. The van der Waals surface area contributed by atoms with Gasteiger partial charge < -0.3 is 10.1 Å². The number of halogens is 2. The molecule has 1 aromatic carbocycles. The third-order valence-electron chi connectivity index (χ3n) is 3.28. The lowest BCUT2D eigenvalue weighted by molar-refractivity contribution is 0.0774. The largest absolute Gasteiger partial charge is 0.380 e. The SMILES string of the molecule is CNCc1c(F)ccc(S(=O)(=O)NC2CCCOC2)c1F. The maximum Gasteiger partial charge on any atom is 0.243 e. The van der Waals surface area contributed by atoms with Crippen LogP contribution in [0.3, 0.4) is 0 Å². The molecule has 5 nitrogen and oxygen atoms in total. The highest BCUT2D eigenvalue weighted by Crippen LogP contribution is 2.22. The molecule has 0 amide bonds. The lowest BCUT2D eigenvalue weighted by Gasteiger charge is -2.23. The standard InChI is InChI=1S/C13H18F2N2O3S/c1-16-7-10-11(14)4-5-12(13(10)15)21(18,19)17-9-3-2-6-20-8-9/h4-5,9,16-17H,2-3,6-8H2,1H3. The molecule has 0 saturated carbocycles. The highest BCUT2D eigenvalue weighted by Gasteiger charge is 2.27. The Balaban J connectivity index is 2.29. The van der Waals surface area contributed by atoms with Gasteiger partial charge in [0.15, 0.2) is 5.82 Å². The molecule has 0 aliphatic carbocycles. The molecule has 1 aliphatic rings. The maximum atomic E-state index is 14.2. The lowest BCUT2D eigenvalue weighted by Crippen LogP contribution is -2.40. The molecular formula is C13H18F2N2O3S. The summed E-state index contributed by atoms with van der Waals surface area (Å²) in [7, 11) is -2.52. The van der Waals surface area contributed by atoms with Crippen LogP contribution in [0.5, 0.6) is 0 Å². The van der Waals surface area contributed by atoms with Gasteiger partial charge in [0.2, 0.25) is 10.0 Å². The van der Waals surface area contributed by atoms with E-state index < -0.39 is 26.6 Å². The molecule has 1 saturated heterocycles. The van der Waals surface area contributed by atoms with Crippen LogP contribution in [0.4, 0.5) is 8.78 Å². The van der Waals surface area contributed by atoms with Crippen LogP contribution in [0, 0.1) is 11.6 Å². The normalized spacial score (nSPS) is 19.7. The predicted molar refractivity (Wildman–Crippen MR) is 73.3 cm³/mol. The van der Waals surface area contributed by atoms with E-state index in [0.717, 1.165) is 18.6 Å². The molecule has 1 atom stereocenters. The van der Waals surface area contributed by atoms with E-state index in [1.54, 1.807) is 0 Å². The van der Waals surface area contributed by atoms with Crippen LogP contribution in [0.1, 0.15) is 18.4 Å². The fourth-order valence-electron chi connectivity index (χ4n) is 2.24. The first-order valence-electron chi connectivity index (χ1n) is 6.67. The number of ether oxygens (including phenoxy) is 1. The minimum absolute atomic E-state index is 0.0897. The minimum atomic E-state index is -4.05. The van der Waals surface area contributed by atoms with Crippen LogP contribution in [-0.4, -0.2) is 34.7 Å². The van der Waals surface area contributed by atoms with Gasteiger partial charge >= 0.3 is 0 Å². The monoisotopic (exact) mass is 320 g/mol. The zero-order chi connectivity index (χ0) is 15.5. The van der Waals surface area contributed by atoms with Crippen molar-refractivity contribution in [2.75, 3.05) is 20.3 Å². The van der Waals surface area contributed by atoms with E-state index in [2.05, 4.69) is 10.0 Å². The second kappa shape index (κ2) is 6.78. The molecular weight excluding hydrogens is 302 g/mol.